The number of fused-ring (bicyclic) bond motifs is 1. The summed E-state index contributed by atoms with van der Waals surface area (Å²) in [5, 5.41) is 10.2. The molecule has 0 aromatic rings. The minimum atomic E-state index is -0.833. The smallest absolute Gasteiger partial charge is 0.336 e. The van der Waals surface area contributed by atoms with Crippen molar-refractivity contribution in [3.05, 3.63) is 0 Å². The normalized spacial score (nSPS) is 31.0. The van der Waals surface area contributed by atoms with Gasteiger partial charge < -0.3 is 25.1 Å². The van der Waals surface area contributed by atoms with Crippen LogP contribution in [0.1, 0.15) is 34.1 Å². The van der Waals surface area contributed by atoms with E-state index in [9.17, 15) is 9.59 Å². The van der Waals surface area contributed by atoms with Gasteiger partial charge in [-0.05, 0) is 19.3 Å². The zero-order valence-electron chi connectivity index (χ0n) is 11.5. The molecule has 0 spiro atoms. The van der Waals surface area contributed by atoms with Crippen LogP contribution in [0.25, 0.3) is 0 Å². The number of hydrogen-bond acceptors (Lipinski definition) is 4. The number of ether oxygens (including phenoxy) is 1. The number of nitrogens with one attached hydrogen (secondary N) is 1. The van der Waals surface area contributed by atoms with Crippen molar-refractivity contribution in [2.24, 2.45) is 11.8 Å². The van der Waals surface area contributed by atoms with Gasteiger partial charge in [0, 0.05) is 6.92 Å². The van der Waals surface area contributed by atoms with Gasteiger partial charge in [0.15, 0.2) is 5.54 Å². The Morgan fingerprint density at radius 2 is 1.95 bits per heavy atom. The summed E-state index contributed by atoms with van der Waals surface area (Å²) in [5.74, 6) is -1.00. The molecule has 19 heavy (non-hydrogen) atoms. The van der Waals surface area contributed by atoms with Crippen LogP contribution in [0.4, 0.5) is 0 Å². The number of hydrogen-bond donors (Lipinski definition) is 2. The number of carboxylic acids is 1. The number of carbonyl (C=O) groups excluding carboxylic acids is 2. The summed E-state index contributed by atoms with van der Waals surface area (Å²) in [6.07, 6.45) is 0.428. The highest BCUT2D eigenvalue weighted by Crippen LogP contribution is 2.42. The lowest BCUT2D eigenvalue weighted by molar-refractivity contribution is -0.193. The second-order valence-electron chi connectivity index (χ2n) is 5.19. The highest BCUT2D eigenvalue weighted by atomic mass is 31.0. The molecule has 1 unspecified atom stereocenters. The van der Waals surface area contributed by atoms with E-state index in [2.05, 4.69) is 5.32 Å². The minimum Gasteiger partial charge on any atom is -3.00 e. The summed E-state index contributed by atoms with van der Waals surface area (Å²) in [6.45, 7) is 6.95. The number of carbonyl (C=O) groups is 3. The largest absolute Gasteiger partial charge is 3.00 e. The van der Waals surface area contributed by atoms with Crippen molar-refractivity contribution in [1.29, 1.82) is 0 Å². The van der Waals surface area contributed by atoms with Gasteiger partial charge in [0.1, 0.15) is 6.10 Å². The van der Waals surface area contributed by atoms with Crippen LogP contribution in [0.5, 0.6) is 0 Å². The molecule has 0 saturated carbocycles. The molecule has 2 saturated heterocycles. The Labute approximate surface area is 115 Å². The summed E-state index contributed by atoms with van der Waals surface area (Å²) >= 11 is 0. The van der Waals surface area contributed by atoms with Crippen LogP contribution in [-0.4, -0.2) is 34.6 Å². The number of aliphatic carboxylic acids is 1. The SMILES string of the molecule is CC(=O)O.CC(C)CC12NC(=O)[C@H](C)[C@@H]1OC2=O.[P-3]. The maximum atomic E-state index is 11.4. The third-order valence-electron chi connectivity index (χ3n) is 3.03. The molecule has 0 aromatic carbocycles. The van der Waals surface area contributed by atoms with Crippen molar-refractivity contribution in [3.8, 4) is 0 Å². The molecule has 6 nitrogen and oxygen atoms in total. The second-order valence-corrected chi connectivity index (χ2v) is 5.19. The van der Waals surface area contributed by atoms with E-state index in [1.165, 1.54) is 0 Å². The van der Waals surface area contributed by atoms with Crippen LogP contribution in [0.2, 0.25) is 0 Å². The van der Waals surface area contributed by atoms with Crippen molar-refractivity contribution < 1.29 is 24.2 Å². The molecule has 2 aliphatic rings. The van der Waals surface area contributed by atoms with E-state index in [0.29, 0.717) is 12.3 Å². The number of rotatable bonds is 2. The molecule has 2 fully saturated rings. The Bertz CT molecular complexity index is 380. The van der Waals surface area contributed by atoms with E-state index < -0.39 is 11.5 Å². The third kappa shape index (κ3) is 3.44. The first-order valence-corrected chi connectivity index (χ1v) is 5.93. The summed E-state index contributed by atoms with van der Waals surface area (Å²) in [5.41, 5.74) is -0.704. The predicted molar refractivity (Wildman–Crippen MR) is 69.6 cm³/mol. The van der Waals surface area contributed by atoms with Crippen LogP contribution in [0.15, 0.2) is 0 Å². The lowest BCUT2D eigenvalue weighted by Crippen LogP contribution is -2.67. The molecule has 2 heterocycles. The van der Waals surface area contributed by atoms with Crippen molar-refractivity contribution in [1.82, 2.24) is 5.32 Å². The van der Waals surface area contributed by atoms with Crippen LogP contribution < -0.4 is 5.32 Å². The fourth-order valence-corrected chi connectivity index (χ4v) is 2.40. The number of amides is 1. The second kappa shape index (κ2) is 6.33. The molecular formula is C12H19NO5P-3. The Morgan fingerprint density at radius 1 is 1.47 bits per heavy atom. The van der Waals surface area contributed by atoms with Crippen molar-refractivity contribution in [3.63, 3.8) is 0 Å². The standard InChI is InChI=1S/C10H15NO3.C2H4O2.P/c1-5(2)4-10-7(14-9(10)13)6(3)8(12)11-10;1-2(3)4;/h5-7H,4H2,1-3H3,(H,11,12);1H3,(H,3,4);/q;;-3/t6-,7+,10?;;/m1../s1. The summed E-state index contributed by atoms with van der Waals surface area (Å²) in [7, 11) is 0. The lowest BCUT2D eigenvalue weighted by Gasteiger charge is -3.00. The van der Waals surface area contributed by atoms with Crippen molar-refractivity contribution in [2.45, 2.75) is 45.8 Å². The Balaban J connectivity index is 0.000000576. The van der Waals surface area contributed by atoms with Crippen LogP contribution in [0, 0.1) is 11.8 Å². The van der Waals surface area contributed by atoms with Crippen molar-refractivity contribution in [2.75, 3.05) is 0 Å². The highest BCUT2D eigenvalue weighted by molar-refractivity contribution is 6.92. The molecule has 0 radical (unpaired) electrons. The van der Waals surface area contributed by atoms with Gasteiger partial charge in [-0.1, -0.05) is 13.8 Å². The quantitative estimate of drug-likeness (QED) is 0.592. The fourth-order valence-electron chi connectivity index (χ4n) is 2.40. The summed E-state index contributed by atoms with van der Waals surface area (Å²) in [6, 6.07) is 0. The Morgan fingerprint density at radius 3 is 2.26 bits per heavy atom. The Kier molecular flexibility index (Phi) is 5.94. The van der Waals surface area contributed by atoms with E-state index in [0.717, 1.165) is 6.92 Å². The van der Waals surface area contributed by atoms with E-state index in [1.807, 2.05) is 13.8 Å². The van der Waals surface area contributed by atoms with Gasteiger partial charge in [-0.2, -0.15) is 0 Å². The Hall–Kier alpha value is -1.16. The monoisotopic (exact) mass is 288 g/mol. The molecule has 2 aliphatic heterocycles. The van der Waals surface area contributed by atoms with Crippen LogP contribution >= 0.6 is 9.90 Å². The third-order valence-corrected chi connectivity index (χ3v) is 3.03. The van der Waals surface area contributed by atoms with Crippen LogP contribution in [0.3, 0.4) is 0 Å². The molecule has 0 aliphatic carbocycles. The molecule has 2 N–H and O–H groups in total. The fraction of sp³-hybridized carbons (Fsp3) is 0.750. The summed E-state index contributed by atoms with van der Waals surface area (Å²) < 4.78 is 5.03. The van der Waals surface area contributed by atoms with E-state index in [-0.39, 0.29) is 33.8 Å². The zero-order chi connectivity index (χ0) is 14.1. The number of esters is 1. The average molecular weight is 288 g/mol. The first kappa shape index (κ1) is 17.8. The van der Waals surface area contributed by atoms with E-state index >= 15 is 0 Å². The molecule has 1 amide bonds. The highest BCUT2D eigenvalue weighted by Gasteiger charge is 2.66. The zero-order valence-corrected chi connectivity index (χ0v) is 12.4. The van der Waals surface area contributed by atoms with Gasteiger partial charge in [-0.15, -0.1) is 0 Å². The maximum Gasteiger partial charge on any atom is 0.336 e. The van der Waals surface area contributed by atoms with Crippen molar-refractivity contribution >= 4 is 27.7 Å². The molecular weight excluding hydrogens is 269 g/mol. The first-order chi connectivity index (χ1) is 8.20. The predicted octanol–water partition coefficient (Wildman–Crippen LogP) is 1.41. The van der Waals surface area contributed by atoms with Gasteiger partial charge in [-0.25, -0.2) is 4.79 Å². The maximum absolute atomic E-state index is 11.4. The number of carboxylic acid groups (broad SMARTS) is 1. The topological polar surface area (TPSA) is 92.7 Å². The molecule has 0 aromatic heterocycles. The molecule has 2 rings (SSSR count). The van der Waals surface area contributed by atoms with Gasteiger partial charge >= 0.3 is 5.97 Å². The average Bonchev–Trinajstić information content (AvgIpc) is 2.38. The molecule has 0 bridgehead atoms. The van der Waals surface area contributed by atoms with Gasteiger partial charge in [0.05, 0.1) is 5.92 Å². The molecule has 110 valence electrons. The van der Waals surface area contributed by atoms with E-state index in [4.69, 9.17) is 14.6 Å². The first-order valence-electron chi connectivity index (χ1n) is 5.93. The summed E-state index contributed by atoms with van der Waals surface area (Å²) in [4.78, 5) is 31.8. The lowest BCUT2D eigenvalue weighted by atomic mass is 9.79. The van der Waals surface area contributed by atoms with Gasteiger partial charge in [-0.3, -0.25) is 9.59 Å². The van der Waals surface area contributed by atoms with Gasteiger partial charge in [0.25, 0.3) is 5.97 Å². The molecule has 7 heteroatoms. The van der Waals surface area contributed by atoms with Crippen LogP contribution in [-0.2, 0) is 19.1 Å². The van der Waals surface area contributed by atoms with Gasteiger partial charge in [0.2, 0.25) is 5.91 Å². The molecule has 3 atom stereocenters. The van der Waals surface area contributed by atoms with E-state index in [1.54, 1.807) is 6.92 Å². The minimum absolute atomic E-state index is 0.